The molecular formula is C9H15IN2O6. The number of aliphatic hydroxyl groups excluding tert-OH is 2. The van der Waals surface area contributed by atoms with Crippen molar-refractivity contribution in [2.45, 2.75) is 28.8 Å². The van der Waals surface area contributed by atoms with Crippen LogP contribution in [0.3, 0.4) is 0 Å². The second kappa shape index (κ2) is 6.10. The minimum atomic E-state index is -0.789. The third kappa shape index (κ3) is 2.91. The Morgan fingerprint density at radius 1 is 1.50 bits per heavy atom. The van der Waals surface area contributed by atoms with E-state index in [9.17, 15) is 14.7 Å². The van der Waals surface area contributed by atoms with Crippen molar-refractivity contribution in [2.24, 2.45) is 0 Å². The summed E-state index contributed by atoms with van der Waals surface area (Å²) in [6.07, 6.45) is -1.80. The van der Waals surface area contributed by atoms with Crippen molar-refractivity contribution in [3.05, 3.63) is 0 Å². The summed E-state index contributed by atoms with van der Waals surface area (Å²) >= 11 is 1.94. The lowest BCUT2D eigenvalue weighted by Gasteiger charge is -2.33. The summed E-state index contributed by atoms with van der Waals surface area (Å²) in [5, 5.41) is 20.8. The van der Waals surface area contributed by atoms with E-state index in [0.29, 0.717) is 0 Å². The molecule has 5 N–H and O–H groups in total. The molecule has 2 fully saturated rings. The fourth-order valence-electron chi connectivity index (χ4n) is 1.91. The third-order valence-corrected chi connectivity index (χ3v) is 3.82. The molecule has 0 aromatic heterocycles. The van der Waals surface area contributed by atoms with E-state index in [-0.39, 0.29) is 34.9 Å². The van der Waals surface area contributed by atoms with Gasteiger partial charge in [0.15, 0.2) is 0 Å². The zero-order chi connectivity index (χ0) is 12.6. The lowest BCUT2D eigenvalue weighted by Crippen LogP contribution is -2.58. The molecule has 0 bridgehead atoms. The monoisotopic (exact) mass is 374 g/mol. The van der Waals surface area contributed by atoms with Gasteiger partial charge in [0.25, 0.3) is 0 Å². The van der Waals surface area contributed by atoms with E-state index >= 15 is 0 Å². The molecule has 9 heteroatoms. The van der Waals surface area contributed by atoms with E-state index in [1.807, 2.05) is 22.6 Å². The summed E-state index contributed by atoms with van der Waals surface area (Å²) < 4.78 is 5.03. The van der Waals surface area contributed by atoms with Crippen LogP contribution >= 0.6 is 22.6 Å². The molecule has 2 saturated heterocycles. The zero-order valence-corrected chi connectivity index (χ0v) is 11.5. The summed E-state index contributed by atoms with van der Waals surface area (Å²) in [7, 11) is 0. The lowest BCUT2D eigenvalue weighted by molar-refractivity contribution is -0.122. The maximum atomic E-state index is 11.6. The summed E-state index contributed by atoms with van der Waals surface area (Å²) in [6, 6.07) is -0.515. The number of alkyl halides is 1. The van der Waals surface area contributed by atoms with Crippen LogP contribution in [0.25, 0.3) is 0 Å². The molecule has 1 unspecified atom stereocenters. The molecule has 2 rings (SSSR count). The van der Waals surface area contributed by atoms with Crippen LogP contribution in [0.5, 0.6) is 0 Å². The number of hydrogen-bond donors (Lipinski definition) is 3. The van der Waals surface area contributed by atoms with Crippen LogP contribution in [0.15, 0.2) is 0 Å². The molecule has 0 aromatic carbocycles. The number of halogens is 1. The molecule has 2 aliphatic rings. The van der Waals surface area contributed by atoms with Gasteiger partial charge in [-0.25, -0.2) is 4.79 Å². The number of hydrogen-bond acceptors (Lipinski definition) is 5. The Labute approximate surface area is 117 Å². The normalized spacial score (nSPS) is 36.3. The number of amides is 3. The Kier molecular flexibility index (Phi) is 5.28. The average Bonchev–Trinajstić information content (AvgIpc) is 2.65. The van der Waals surface area contributed by atoms with Crippen molar-refractivity contribution in [1.82, 2.24) is 10.2 Å². The number of imide groups is 1. The predicted molar refractivity (Wildman–Crippen MR) is 68.0 cm³/mol. The predicted octanol–water partition coefficient (Wildman–Crippen LogP) is -2.01. The lowest BCUT2D eigenvalue weighted by atomic mass is 10.2. The molecule has 4 atom stereocenters. The molecule has 2 aliphatic heterocycles. The molecule has 3 amide bonds. The van der Waals surface area contributed by atoms with Crippen LogP contribution in [0.2, 0.25) is 0 Å². The molecular weight excluding hydrogens is 359 g/mol. The minimum Gasteiger partial charge on any atom is -0.412 e. The van der Waals surface area contributed by atoms with Crippen LogP contribution in [-0.4, -0.2) is 68.0 Å². The Morgan fingerprint density at radius 3 is 2.72 bits per heavy atom. The maximum Gasteiger partial charge on any atom is 0.326 e. The van der Waals surface area contributed by atoms with Gasteiger partial charge in [-0.15, -0.1) is 0 Å². The summed E-state index contributed by atoms with van der Waals surface area (Å²) in [6.45, 7) is -0.0412. The molecule has 104 valence electrons. The van der Waals surface area contributed by atoms with Gasteiger partial charge in [-0.05, 0) is 0 Å². The highest BCUT2D eigenvalue weighted by molar-refractivity contribution is 14.1. The largest absolute Gasteiger partial charge is 0.412 e. The van der Waals surface area contributed by atoms with Crippen molar-refractivity contribution in [1.29, 1.82) is 0 Å². The van der Waals surface area contributed by atoms with Crippen LogP contribution in [0, 0.1) is 0 Å². The van der Waals surface area contributed by atoms with Crippen molar-refractivity contribution in [2.75, 3.05) is 13.2 Å². The van der Waals surface area contributed by atoms with Gasteiger partial charge in [0.05, 0.1) is 12.7 Å². The van der Waals surface area contributed by atoms with E-state index in [2.05, 4.69) is 5.32 Å². The highest BCUT2D eigenvalue weighted by Crippen LogP contribution is 2.25. The zero-order valence-electron chi connectivity index (χ0n) is 9.38. The van der Waals surface area contributed by atoms with E-state index < -0.39 is 24.5 Å². The van der Waals surface area contributed by atoms with Crippen molar-refractivity contribution >= 4 is 34.5 Å². The molecule has 2 heterocycles. The Morgan fingerprint density at radius 2 is 2.17 bits per heavy atom. The molecule has 0 spiro atoms. The van der Waals surface area contributed by atoms with E-state index in [0.717, 1.165) is 0 Å². The van der Waals surface area contributed by atoms with Crippen molar-refractivity contribution < 1.29 is 30.0 Å². The van der Waals surface area contributed by atoms with Gasteiger partial charge in [-0.1, -0.05) is 22.6 Å². The van der Waals surface area contributed by atoms with Gasteiger partial charge in [0.2, 0.25) is 5.91 Å². The van der Waals surface area contributed by atoms with Gasteiger partial charge in [-0.3, -0.25) is 15.0 Å². The minimum absolute atomic E-state index is 0. The van der Waals surface area contributed by atoms with E-state index in [1.165, 1.54) is 4.90 Å². The van der Waals surface area contributed by atoms with Gasteiger partial charge >= 0.3 is 6.03 Å². The number of ether oxygens (including phenoxy) is 1. The maximum absolute atomic E-state index is 11.6. The first-order valence-electron chi connectivity index (χ1n) is 5.23. The van der Waals surface area contributed by atoms with E-state index in [4.69, 9.17) is 9.84 Å². The highest BCUT2D eigenvalue weighted by Gasteiger charge is 2.42. The van der Waals surface area contributed by atoms with Crippen molar-refractivity contribution in [3.63, 3.8) is 0 Å². The first-order chi connectivity index (χ1) is 8.02. The van der Waals surface area contributed by atoms with Crippen LogP contribution in [0.1, 0.15) is 6.42 Å². The number of carbonyl (C=O) groups excluding carboxylic acids is 2. The topological polar surface area (TPSA) is 131 Å². The average molecular weight is 374 g/mol. The van der Waals surface area contributed by atoms with Gasteiger partial charge in [-0.2, -0.15) is 0 Å². The number of aliphatic hydroxyl groups is 2. The second-order valence-corrected chi connectivity index (χ2v) is 5.53. The first-order valence-corrected chi connectivity index (χ1v) is 6.47. The van der Waals surface area contributed by atoms with Gasteiger partial charge < -0.3 is 20.4 Å². The molecule has 0 radical (unpaired) electrons. The van der Waals surface area contributed by atoms with Crippen molar-refractivity contribution in [3.8, 4) is 0 Å². The summed E-state index contributed by atoms with van der Waals surface area (Å²) in [5.41, 5.74) is 0. The SMILES string of the molecule is O.O=C1NC(=O)N([C@H]2C[C@H](O)[C@@H](CO)O2)CC1I. The van der Waals surface area contributed by atoms with Gasteiger partial charge in [0, 0.05) is 13.0 Å². The number of nitrogens with one attached hydrogen (secondary N) is 1. The first kappa shape index (κ1) is 15.6. The standard InChI is InChI=1S/C9H13IN2O5.H2O/c10-4-2-12(9(16)11-8(4)15)7-1-5(14)6(3-13)17-7;/h4-7,13-14H,1-3H2,(H,11,15,16);1H2/t4?,5-,6+,7+;/m0./s1. The molecule has 18 heavy (non-hydrogen) atoms. The van der Waals surface area contributed by atoms with Crippen LogP contribution in [0.4, 0.5) is 4.79 Å². The number of nitrogens with zero attached hydrogens (tertiary/aromatic N) is 1. The fourth-order valence-corrected chi connectivity index (χ4v) is 2.49. The second-order valence-electron chi connectivity index (χ2n) is 4.03. The van der Waals surface area contributed by atoms with E-state index in [1.54, 1.807) is 0 Å². The Bertz CT molecular complexity index is 341. The van der Waals surface area contributed by atoms with Crippen LogP contribution < -0.4 is 5.32 Å². The number of urea groups is 1. The molecule has 0 saturated carbocycles. The van der Waals surface area contributed by atoms with Crippen LogP contribution in [-0.2, 0) is 9.53 Å². The third-order valence-electron chi connectivity index (χ3n) is 2.86. The summed E-state index contributed by atoms with van der Waals surface area (Å²) in [4.78, 5) is 24.2. The smallest absolute Gasteiger partial charge is 0.326 e. The Balaban J connectivity index is 0.00000162. The number of rotatable bonds is 2. The highest BCUT2D eigenvalue weighted by atomic mass is 127. The Hall–Kier alpha value is -0.490. The number of carbonyl (C=O) groups is 2. The quantitative estimate of drug-likeness (QED) is 0.380. The molecule has 0 aliphatic carbocycles. The van der Waals surface area contributed by atoms with Gasteiger partial charge in [0.1, 0.15) is 16.3 Å². The molecule has 8 nitrogen and oxygen atoms in total. The fraction of sp³-hybridized carbons (Fsp3) is 0.778. The molecule has 0 aromatic rings. The summed E-state index contributed by atoms with van der Waals surface area (Å²) in [5.74, 6) is -0.316.